The molecule has 5 heteroatoms. The Bertz CT molecular complexity index is 390. The van der Waals surface area contributed by atoms with E-state index in [9.17, 15) is 9.59 Å². The van der Waals surface area contributed by atoms with Gasteiger partial charge in [-0.2, -0.15) is 5.26 Å². The van der Waals surface area contributed by atoms with E-state index in [2.05, 4.69) is 5.32 Å². The molecule has 0 unspecified atom stereocenters. The predicted molar refractivity (Wildman–Crippen MR) is 53.1 cm³/mol. The first-order valence-electron chi connectivity index (χ1n) is 4.51. The van der Waals surface area contributed by atoms with Crippen molar-refractivity contribution < 1.29 is 9.59 Å². The molecular weight excluding hydrogens is 194 g/mol. The van der Waals surface area contributed by atoms with Gasteiger partial charge in [0.2, 0.25) is 5.91 Å². The SMILES string of the molecule is N#CCCNC(=O)Cn1ccc(C=O)c1. The lowest BCUT2D eigenvalue weighted by Gasteiger charge is -2.03. The van der Waals surface area contributed by atoms with Crippen molar-refractivity contribution in [2.75, 3.05) is 6.54 Å². The summed E-state index contributed by atoms with van der Waals surface area (Å²) in [6.45, 7) is 0.524. The van der Waals surface area contributed by atoms with Crippen LogP contribution in [-0.2, 0) is 11.3 Å². The third-order valence-electron chi connectivity index (χ3n) is 1.79. The lowest BCUT2D eigenvalue weighted by atomic mass is 10.4. The number of aldehydes is 1. The van der Waals surface area contributed by atoms with Crippen molar-refractivity contribution in [1.82, 2.24) is 9.88 Å². The highest BCUT2D eigenvalue weighted by Crippen LogP contribution is 1.97. The second kappa shape index (κ2) is 5.60. The number of aromatic nitrogens is 1. The highest BCUT2D eigenvalue weighted by Gasteiger charge is 2.02. The van der Waals surface area contributed by atoms with Gasteiger partial charge in [0, 0.05) is 24.5 Å². The van der Waals surface area contributed by atoms with Crippen molar-refractivity contribution in [3.8, 4) is 6.07 Å². The second-order valence-corrected chi connectivity index (χ2v) is 2.99. The van der Waals surface area contributed by atoms with Crippen LogP contribution in [0.25, 0.3) is 0 Å². The molecular formula is C10H11N3O2. The Morgan fingerprint density at radius 3 is 3.07 bits per heavy atom. The summed E-state index contributed by atoms with van der Waals surface area (Å²) in [4.78, 5) is 21.6. The van der Waals surface area contributed by atoms with Crippen LogP contribution >= 0.6 is 0 Å². The summed E-state index contributed by atoms with van der Waals surface area (Å²) in [5, 5.41) is 10.8. The molecule has 1 aromatic rings. The number of nitriles is 1. The summed E-state index contributed by atoms with van der Waals surface area (Å²) in [5.41, 5.74) is 0.542. The first-order valence-corrected chi connectivity index (χ1v) is 4.51. The molecule has 15 heavy (non-hydrogen) atoms. The molecule has 0 saturated heterocycles. The fourth-order valence-electron chi connectivity index (χ4n) is 1.11. The van der Waals surface area contributed by atoms with Crippen LogP contribution in [0.3, 0.4) is 0 Å². The van der Waals surface area contributed by atoms with E-state index in [0.29, 0.717) is 18.5 Å². The summed E-state index contributed by atoms with van der Waals surface area (Å²) < 4.78 is 1.62. The van der Waals surface area contributed by atoms with Crippen molar-refractivity contribution >= 4 is 12.2 Å². The summed E-state index contributed by atoms with van der Waals surface area (Å²) in [6, 6.07) is 3.57. The Morgan fingerprint density at radius 2 is 2.47 bits per heavy atom. The Labute approximate surface area is 87.3 Å². The normalized spacial score (nSPS) is 9.27. The van der Waals surface area contributed by atoms with Gasteiger partial charge in [0.15, 0.2) is 6.29 Å². The molecule has 0 aliphatic carbocycles. The summed E-state index contributed by atoms with van der Waals surface area (Å²) in [5.74, 6) is -0.168. The van der Waals surface area contributed by atoms with Gasteiger partial charge in [-0.15, -0.1) is 0 Å². The average molecular weight is 205 g/mol. The second-order valence-electron chi connectivity index (χ2n) is 2.99. The van der Waals surface area contributed by atoms with E-state index in [1.165, 1.54) is 0 Å². The van der Waals surface area contributed by atoms with Crippen LogP contribution < -0.4 is 5.32 Å². The minimum atomic E-state index is -0.168. The number of carbonyl (C=O) groups is 2. The quantitative estimate of drug-likeness (QED) is 0.556. The molecule has 0 aliphatic rings. The molecule has 5 nitrogen and oxygen atoms in total. The smallest absolute Gasteiger partial charge is 0.239 e. The third-order valence-corrected chi connectivity index (χ3v) is 1.79. The first kappa shape index (κ1) is 11.0. The van der Waals surface area contributed by atoms with E-state index in [1.54, 1.807) is 23.0 Å². The maximum atomic E-state index is 11.3. The molecule has 0 bridgehead atoms. The maximum absolute atomic E-state index is 11.3. The standard InChI is InChI=1S/C10H11N3O2/c11-3-1-4-12-10(15)7-13-5-2-9(6-13)8-14/h2,5-6,8H,1,4,7H2,(H,12,15). The number of amides is 1. The highest BCUT2D eigenvalue weighted by atomic mass is 16.1. The van der Waals surface area contributed by atoms with Crippen molar-refractivity contribution in [3.05, 3.63) is 24.0 Å². The minimum Gasteiger partial charge on any atom is -0.354 e. The van der Waals surface area contributed by atoms with Gasteiger partial charge in [-0.25, -0.2) is 0 Å². The largest absolute Gasteiger partial charge is 0.354 e. The molecule has 1 rings (SSSR count). The Kier molecular flexibility index (Phi) is 4.10. The van der Waals surface area contributed by atoms with Crippen molar-refractivity contribution in [2.45, 2.75) is 13.0 Å². The number of hydrogen-bond donors (Lipinski definition) is 1. The van der Waals surface area contributed by atoms with Gasteiger partial charge in [0.1, 0.15) is 6.54 Å². The number of nitrogens with zero attached hydrogens (tertiary/aromatic N) is 2. The molecule has 78 valence electrons. The van der Waals surface area contributed by atoms with Crippen LogP contribution in [0.1, 0.15) is 16.8 Å². The molecule has 0 atom stereocenters. The number of hydrogen-bond acceptors (Lipinski definition) is 3. The molecule has 0 radical (unpaired) electrons. The van der Waals surface area contributed by atoms with Crippen LogP contribution in [0.5, 0.6) is 0 Å². The van der Waals surface area contributed by atoms with Crippen LogP contribution in [0.4, 0.5) is 0 Å². The first-order chi connectivity index (χ1) is 7.26. The lowest BCUT2D eigenvalue weighted by Crippen LogP contribution is -2.27. The Hall–Kier alpha value is -2.09. The zero-order valence-corrected chi connectivity index (χ0v) is 8.14. The molecule has 1 N–H and O–H groups in total. The fraction of sp³-hybridized carbons (Fsp3) is 0.300. The maximum Gasteiger partial charge on any atom is 0.239 e. The molecule has 0 fully saturated rings. The van der Waals surface area contributed by atoms with Crippen molar-refractivity contribution in [1.29, 1.82) is 5.26 Å². The average Bonchev–Trinajstić information content (AvgIpc) is 2.66. The third kappa shape index (κ3) is 3.65. The van der Waals surface area contributed by atoms with Crippen LogP contribution in [0.2, 0.25) is 0 Å². The van der Waals surface area contributed by atoms with E-state index >= 15 is 0 Å². The zero-order chi connectivity index (χ0) is 11.1. The van der Waals surface area contributed by atoms with Crippen LogP contribution in [0.15, 0.2) is 18.5 Å². The van der Waals surface area contributed by atoms with E-state index in [1.807, 2.05) is 6.07 Å². The van der Waals surface area contributed by atoms with E-state index in [-0.39, 0.29) is 12.5 Å². The van der Waals surface area contributed by atoms with Crippen LogP contribution in [0, 0.1) is 11.3 Å². The molecule has 1 heterocycles. The molecule has 0 saturated carbocycles. The van der Waals surface area contributed by atoms with Gasteiger partial charge in [-0.05, 0) is 6.07 Å². The molecule has 1 aromatic heterocycles. The molecule has 1 amide bonds. The summed E-state index contributed by atoms with van der Waals surface area (Å²) >= 11 is 0. The zero-order valence-electron chi connectivity index (χ0n) is 8.14. The van der Waals surface area contributed by atoms with Crippen molar-refractivity contribution in [2.24, 2.45) is 0 Å². The molecule has 0 aromatic carbocycles. The van der Waals surface area contributed by atoms with Crippen molar-refractivity contribution in [3.63, 3.8) is 0 Å². The molecule has 0 aliphatic heterocycles. The van der Waals surface area contributed by atoms with Gasteiger partial charge >= 0.3 is 0 Å². The minimum absolute atomic E-state index is 0.166. The fourth-order valence-corrected chi connectivity index (χ4v) is 1.11. The van der Waals surface area contributed by atoms with E-state index < -0.39 is 0 Å². The summed E-state index contributed by atoms with van der Waals surface area (Å²) in [7, 11) is 0. The Morgan fingerprint density at radius 1 is 1.67 bits per heavy atom. The topological polar surface area (TPSA) is 74.9 Å². The predicted octanol–water partition coefficient (Wildman–Crippen LogP) is 0.330. The monoisotopic (exact) mass is 205 g/mol. The van der Waals surface area contributed by atoms with Gasteiger partial charge < -0.3 is 9.88 Å². The van der Waals surface area contributed by atoms with E-state index in [0.717, 1.165) is 6.29 Å². The van der Waals surface area contributed by atoms with Gasteiger partial charge in [0.05, 0.1) is 12.5 Å². The number of nitrogens with one attached hydrogen (secondary N) is 1. The van der Waals surface area contributed by atoms with E-state index in [4.69, 9.17) is 5.26 Å². The van der Waals surface area contributed by atoms with Crippen LogP contribution in [-0.4, -0.2) is 23.3 Å². The molecule has 0 spiro atoms. The summed E-state index contributed by atoms with van der Waals surface area (Å²) in [6.07, 6.45) is 4.28. The number of rotatable bonds is 5. The lowest BCUT2D eigenvalue weighted by molar-refractivity contribution is -0.121. The highest BCUT2D eigenvalue weighted by molar-refractivity contribution is 5.77. The van der Waals surface area contributed by atoms with Gasteiger partial charge in [-0.3, -0.25) is 9.59 Å². The Balaban J connectivity index is 2.38. The van der Waals surface area contributed by atoms with Gasteiger partial charge in [-0.1, -0.05) is 0 Å². The number of carbonyl (C=O) groups excluding carboxylic acids is 2. The van der Waals surface area contributed by atoms with Gasteiger partial charge in [0.25, 0.3) is 0 Å².